The van der Waals surface area contributed by atoms with Crippen LogP contribution >= 0.6 is 0 Å². The summed E-state index contributed by atoms with van der Waals surface area (Å²) in [5, 5.41) is 3.05. The molecule has 37 heavy (non-hydrogen) atoms. The predicted octanol–water partition coefficient (Wildman–Crippen LogP) is 4.24. The highest BCUT2D eigenvalue weighted by Crippen LogP contribution is 2.30. The summed E-state index contributed by atoms with van der Waals surface area (Å²) < 4.78 is 21.1. The standard InChI is InChI=1S/C28H43NO8/c1-18(2)13-24(30)36-22-10-9-20(16-23(22)37-25(31)14-19(3)4)15-21(27(33)34-8)29-11-12-35-26(32)17-28(5,6)7/h9-10,16,18-19,21,29H,11-15,17H2,1-8H3/t21-/m0/s1. The molecule has 208 valence electrons. The molecule has 1 N–H and O–H groups in total. The SMILES string of the molecule is COC(=O)[C@H](Cc1ccc(OC(=O)CC(C)C)c(OC(=O)CC(C)C)c1)NCCOC(=O)CC(C)(C)C. The van der Waals surface area contributed by atoms with Crippen LogP contribution in [0.2, 0.25) is 0 Å². The highest BCUT2D eigenvalue weighted by Gasteiger charge is 2.22. The van der Waals surface area contributed by atoms with Crippen LogP contribution in [0, 0.1) is 17.3 Å². The molecule has 0 saturated heterocycles. The summed E-state index contributed by atoms with van der Waals surface area (Å²) in [6.07, 6.45) is 0.914. The Balaban J connectivity index is 2.97. The summed E-state index contributed by atoms with van der Waals surface area (Å²) in [7, 11) is 1.29. The van der Waals surface area contributed by atoms with Crippen LogP contribution < -0.4 is 14.8 Å². The van der Waals surface area contributed by atoms with Crippen LogP contribution in [-0.2, 0) is 35.1 Å². The third-order valence-corrected chi connectivity index (χ3v) is 4.96. The van der Waals surface area contributed by atoms with Crippen LogP contribution in [0.15, 0.2) is 18.2 Å². The molecule has 0 spiro atoms. The van der Waals surface area contributed by atoms with Crippen molar-refractivity contribution in [3.8, 4) is 11.5 Å². The maximum absolute atomic E-state index is 12.4. The first-order valence-electron chi connectivity index (χ1n) is 12.7. The summed E-state index contributed by atoms with van der Waals surface area (Å²) in [5.41, 5.74) is 0.480. The molecule has 0 aliphatic carbocycles. The highest BCUT2D eigenvalue weighted by atomic mass is 16.6. The van der Waals surface area contributed by atoms with Gasteiger partial charge in [-0.2, -0.15) is 0 Å². The molecular formula is C28H43NO8. The number of benzene rings is 1. The highest BCUT2D eigenvalue weighted by molar-refractivity contribution is 5.77. The van der Waals surface area contributed by atoms with E-state index < -0.39 is 23.9 Å². The van der Waals surface area contributed by atoms with Crippen LogP contribution in [0.4, 0.5) is 0 Å². The van der Waals surface area contributed by atoms with Crippen LogP contribution in [0.1, 0.15) is 73.3 Å². The molecule has 9 nitrogen and oxygen atoms in total. The first kappa shape index (κ1) is 32.1. The average Bonchev–Trinajstić information content (AvgIpc) is 2.74. The van der Waals surface area contributed by atoms with Crippen molar-refractivity contribution in [3.63, 3.8) is 0 Å². The second-order valence-corrected chi connectivity index (χ2v) is 11.1. The van der Waals surface area contributed by atoms with Crippen molar-refractivity contribution in [2.24, 2.45) is 17.3 Å². The van der Waals surface area contributed by atoms with Gasteiger partial charge in [0, 0.05) is 19.4 Å². The minimum absolute atomic E-state index is 0.0908. The molecule has 0 aromatic heterocycles. The molecule has 0 bridgehead atoms. The second-order valence-electron chi connectivity index (χ2n) is 11.1. The van der Waals surface area contributed by atoms with Gasteiger partial charge in [-0.05, 0) is 41.4 Å². The van der Waals surface area contributed by atoms with Gasteiger partial charge in [-0.15, -0.1) is 0 Å². The quantitative estimate of drug-likeness (QED) is 0.218. The van der Waals surface area contributed by atoms with Crippen molar-refractivity contribution in [1.29, 1.82) is 0 Å². The third-order valence-electron chi connectivity index (χ3n) is 4.96. The van der Waals surface area contributed by atoms with E-state index in [-0.39, 0.29) is 67.1 Å². The lowest BCUT2D eigenvalue weighted by molar-refractivity contribution is -0.145. The molecule has 0 unspecified atom stereocenters. The Morgan fingerprint density at radius 3 is 1.95 bits per heavy atom. The van der Waals surface area contributed by atoms with E-state index in [0.29, 0.717) is 12.0 Å². The number of rotatable bonds is 14. The Bertz CT molecular complexity index is 917. The van der Waals surface area contributed by atoms with Gasteiger partial charge >= 0.3 is 23.9 Å². The van der Waals surface area contributed by atoms with E-state index in [2.05, 4.69) is 5.32 Å². The zero-order valence-electron chi connectivity index (χ0n) is 23.5. The fourth-order valence-electron chi connectivity index (χ4n) is 3.34. The van der Waals surface area contributed by atoms with E-state index in [0.717, 1.165) is 0 Å². The Hall–Kier alpha value is -2.94. The lowest BCUT2D eigenvalue weighted by Crippen LogP contribution is -2.41. The van der Waals surface area contributed by atoms with E-state index in [1.54, 1.807) is 18.2 Å². The molecule has 0 heterocycles. The molecule has 1 atom stereocenters. The summed E-state index contributed by atoms with van der Waals surface area (Å²) in [6.45, 7) is 13.8. The van der Waals surface area contributed by atoms with Crippen molar-refractivity contribution in [2.45, 2.75) is 80.2 Å². The van der Waals surface area contributed by atoms with Gasteiger partial charge in [-0.3, -0.25) is 19.2 Å². The summed E-state index contributed by atoms with van der Waals surface area (Å²) in [5.74, 6) is -1.23. The number of hydrogen-bond donors (Lipinski definition) is 1. The molecule has 0 fully saturated rings. The van der Waals surface area contributed by atoms with Crippen molar-refractivity contribution in [2.75, 3.05) is 20.3 Å². The van der Waals surface area contributed by atoms with E-state index in [9.17, 15) is 19.2 Å². The minimum Gasteiger partial charge on any atom is -0.468 e. The molecule has 1 aromatic carbocycles. The molecule has 0 aliphatic rings. The second kappa shape index (κ2) is 15.3. The molecular weight excluding hydrogens is 478 g/mol. The maximum Gasteiger partial charge on any atom is 0.323 e. The Labute approximate surface area is 220 Å². The van der Waals surface area contributed by atoms with Gasteiger partial charge in [0.05, 0.1) is 13.5 Å². The van der Waals surface area contributed by atoms with Gasteiger partial charge in [-0.25, -0.2) is 0 Å². The third kappa shape index (κ3) is 13.8. The van der Waals surface area contributed by atoms with Gasteiger partial charge in [0.2, 0.25) is 0 Å². The lowest BCUT2D eigenvalue weighted by atomic mass is 9.93. The van der Waals surface area contributed by atoms with Gasteiger partial charge in [0.15, 0.2) is 11.5 Å². The summed E-state index contributed by atoms with van der Waals surface area (Å²) in [6, 6.07) is 4.09. The fraction of sp³-hybridized carbons (Fsp3) is 0.643. The summed E-state index contributed by atoms with van der Waals surface area (Å²) in [4.78, 5) is 48.9. The zero-order chi connectivity index (χ0) is 28.2. The molecule has 0 radical (unpaired) electrons. The monoisotopic (exact) mass is 521 g/mol. The molecule has 0 saturated carbocycles. The van der Waals surface area contributed by atoms with Crippen LogP contribution in [-0.4, -0.2) is 50.2 Å². The van der Waals surface area contributed by atoms with Crippen molar-refractivity contribution >= 4 is 23.9 Å². The van der Waals surface area contributed by atoms with E-state index >= 15 is 0 Å². The smallest absolute Gasteiger partial charge is 0.323 e. The predicted molar refractivity (Wildman–Crippen MR) is 139 cm³/mol. The number of hydrogen-bond acceptors (Lipinski definition) is 9. The maximum atomic E-state index is 12.4. The number of ether oxygens (including phenoxy) is 4. The van der Waals surface area contributed by atoms with E-state index in [4.69, 9.17) is 18.9 Å². The minimum atomic E-state index is -0.736. The van der Waals surface area contributed by atoms with Crippen molar-refractivity contribution in [3.05, 3.63) is 23.8 Å². The zero-order valence-corrected chi connectivity index (χ0v) is 23.5. The van der Waals surface area contributed by atoms with E-state index in [1.807, 2.05) is 48.5 Å². The molecule has 9 heteroatoms. The lowest BCUT2D eigenvalue weighted by Gasteiger charge is -2.19. The van der Waals surface area contributed by atoms with Crippen LogP contribution in [0.5, 0.6) is 11.5 Å². The van der Waals surface area contributed by atoms with Gasteiger partial charge in [0.25, 0.3) is 0 Å². The number of carbonyl (C=O) groups excluding carboxylic acids is 4. The normalized spacial score (nSPS) is 12.3. The Morgan fingerprint density at radius 1 is 0.865 bits per heavy atom. The van der Waals surface area contributed by atoms with Crippen LogP contribution in [0.3, 0.4) is 0 Å². The number of nitrogens with one attached hydrogen (secondary N) is 1. The molecule has 0 amide bonds. The number of carbonyl (C=O) groups is 4. The molecule has 1 aromatic rings. The van der Waals surface area contributed by atoms with Crippen LogP contribution in [0.25, 0.3) is 0 Å². The number of methoxy groups -OCH3 is 1. The first-order chi connectivity index (χ1) is 17.2. The Morgan fingerprint density at radius 2 is 1.43 bits per heavy atom. The molecule has 1 rings (SSSR count). The fourth-order valence-corrected chi connectivity index (χ4v) is 3.34. The molecule has 0 aliphatic heterocycles. The van der Waals surface area contributed by atoms with Gasteiger partial charge < -0.3 is 24.3 Å². The van der Waals surface area contributed by atoms with Crippen molar-refractivity contribution < 1.29 is 38.1 Å². The first-order valence-corrected chi connectivity index (χ1v) is 12.7. The average molecular weight is 522 g/mol. The largest absolute Gasteiger partial charge is 0.468 e. The van der Waals surface area contributed by atoms with Gasteiger partial charge in [-0.1, -0.05) is 54.5 Å². The topological polar surface area (TPSA) is 117 Å². The van der Waals surface area contributed by atoms with E-state index in [1.165, 1.54) is 7.11 Å². The van der Waals surface area contributed by atoms with Crippen molar-refractivity contribution in [1.82, 2.24) is 5.32 Å². The van der Waals surface area contributed by atoms with Gasteiger partial charge in [0.1, 0.15) is 12.6 Å². The summed E-state index contributed by atoms with van der Waals surface area (Å²) >= 11 is 0. The Kier molecular flexibility index (Phi) is 13.3. The number of esters is 4.